The summed E-state index contributed by atoms with van der Waals surface area (Å²) in [4.78, 5) is 0. The van der Waals surface area contributed by atoms with E-state index in [0.717, 1.165) is 18.9 Å². The van der Waals surface area contributed by atoms with Gasteiger partial charge in [0.1, 0.15) is 0 Å². The zero-order chi connectivity index (χ0) is 12.3. The molecule has 96 valence electrons. The Kier molecular flexibility index (Phi) is 2.63. The largest absolute Gasteiger partial charge is 0.472 e. The van der Waals surface area contributed by atoms with Crippen LogP contribution in [0.2, 0.25) is 0 Å². The molecule has 0 radical (unpaired) electrons. The molecule has 4 aliphatic rings. The molecular formula is C13H24BNO2. The fourth-order valence-electron chi connectivity index (χ4n) is 4.30. The Morgan fingerprint density at radius 3 is 2.71 bits per heavy atom. The van der Waals surface area contributed by atoms with Crippen molar-refractivity contribution < 1.29 is 9.31 Å². The molecule has 4 atom stereocenters. The molecule has 0 amide bonds. The predicted molar refractivity (Wildman–Crippen MR) is 68.7 cm³/mol. The van der Waals surface area contributed by atoms with E-state index in [1.807, 2.05) is 0 Å². The molecule has 3 saturated carbocycles. The number of hydrogen-bond acceptors (Lipinski definition) is 3. The number of rotatable bonds is 3. The SMILES string of the molecule is CCNCB1O[C@H]2C[C@H]3C[C@@H](C3(C)C)[C@]2(C)O1. The van der Waals surface area contributed by atoms with Gasteiger partial charge in [-0.15, -0.1) is 0 Å². The average Bonchev–Trinajstić information content (AvgIpc) is 2.61. The smallest absolute Gasteiger partial charge is 0.405 e. The highest BCUT2D eigenvalue weighted by atomic mass is 16.7. The molecule has 1 saturated heterocycles. The van der Waals surface area contributed by atoms with Crippen LogP contribution in [0.1, 0.15) is 40.5 Å². The zero-order valence-corrected chi connectivity index (χ0v) is 11.5. The van der Waals surface area contributed by atoms with Gasteiger partial charge in [-0.2, -0.15) is 0 Å². The van der Waals surface area contributed by atoms with E-state index >= 15 is 0 Å². The maximum absolute atomic E-state index is 6.26. The van der Waals surface area contributed by atoms with E-state index in [4.69, 9.17) is 9.31 Å². The minimum atomic E-state index is -0.0433. The first kappa shape index (κ1) is 12.0. The summed E-state index contributed by atoms with van der Waals surface area (Å²) in [7, 11) is -0.0416. The molecule has 1 heterocycles. The van der Waals surface area contributed by atoms with Crippen molar-refractivity contribution >= 4 is 7.12 Å². The van der Waals surface area contributed by atoms with Gasteiger partial charge in [0.2, 0.25) is 0 Å². The van der Waals surface area contributed by atoms with Crippen molar-refractivity contribution in [3.05, 3.63) is 0 Å². The summed E-state index contributed by atoms with van der Waals surface area (Å²) >= 11 is 0. The highest BCUT2D eigenvalue weighted by Gasteiger charge is 2.67. The van der Waals surface area contributed by atoms with Crippen molar-refractivity contribution in [2.75, 3.05) is 13.0 Å². The highest BCUT2D eigenvalue weighted by molar-refractivity contribution is 6.45. The van der Waals surface area contributed by atoms with Crippen molar-refractivity contribution in [2.45, 2.75) is 52.2 Å². The van der Waals surface area contributed by atoms with Gasteiger partial charge in [-0.25, -0.2) is 0 Å². The molecule has 17 heavy (non-hydrogen) atoms. The maximum atomic E-state index is 6.26. The Hall–Kier alpha value is -0.0551. The van der Waals surface area contributed by atoms with Crippen LogP contribution in [0.25, 0.3) is 0 Å². The van der Waals surface area contributed by atoms with Gasteiger partial charge >= 0.3 is 7.12 Å². The van der Waals surface area contributed by atoms with Crippen LogP contribution < -0.4 is 5.32 Å². The molecule has 4 rings (SSSR count). The average molecular weight is 237 g/mol. The molecule has 0 unspecified atom stereocenters. The van der Waals surface area contributed by atoms with Gasteiger partial charge < -0.3 is 14.6 Å². The van der Waals surface area contributed by atoms with E-state index in [1.165, 1.54) is 12.8 Å². The molecule has 0 spiro atoms. The van der Waals surface area contributed by atoms with Crippen LogP contribution >= 0.6 is 0 Å². The van der Waals surface area contributed by atoms with E-state index in [9.17, 15) is 0 Å². The van der Waals surface area contributed by atoms with Crippen LogP contribution in [0.4, 0.5) is 0 Å². The normalized spacial score (nSPS) is 46.6. The van der Waals surface area contributed by atoms with Crippen molar-refractivity contribution in [1.82, 2.24) is 5.32 Å². The Balaban J connectivity index is 1.73. The van der Waals surface area contributed by atoms with Crippen molar-refractivity contribution in [3.8, 4) is 0 Å². The molecule has 0 aromatic heterocycles. The number of nitrogens with one attached hydrogen (secondary N) is 1. The lowest BCUT2D eigenvalue weighted by Crippen LogP contribution is -2.65. The van der Waals surface area contributed by atoms with Crippen LogP contribution in [-0.2, 0) is 9.31 Å². The third kappa shape index (κ3) is 1.53. The summed E-state index contributed by atoms with van der Waals surface area (Å²) in [6.45, 7) is 10.2. The van der Waals surface area contributed by atoms with Gasteiger partial charge in [0.15, 0.2) is 0 Å². The fourth-order valence-corrected chi connectivity index (χ4v) is 4.30. The summed E-state index contributed by atoms with van der Waals surface area (Å²) in [6, 6.07) is 0. The van der Waals surface area contributed by atoms with Crippen LogP contribution in [-0.4, -0.2) is 31.8 Å². The summed E-state index contributed by atoms with van der Waals surface area (Å²) in [5.41, 5.74) is 0.403. The molecule has 2 bridgehead atoms. The van der Waals surface area contributed by atoms with Gasteiger partial charge in [0, 0.05) is 6.44 Å². The van der Waals surface area contributed by atoms with E-state index in [1.54, 1.807) is 0 Å². The molecule has 3 aliphatic carbocycles. The van der Waals surface area contributed by atoms with Crippen molar-refractivity contribution in [2.24, 2.45) is 17.3 Å². The van der Waals surface area contributed by atoms with Gasteiger partial charge in [-0.3, -0.25) is 0 Å². The van der Waals surface area contributed by atoms with Gasteiger partial charge in [0.05, 0.1) is 11.7 Å². The standard InChI is InChI=1S/C13H24BNO2/c1-5-15-8-14-16-11-7-9-6-10(12(9,2)3)13(11,4)17-14/h9-11,15H,5-8H2,1-4H3/t9-,10+,11+,13+/m1/s1. The molecule has 4 heteroatoms. The summed E-state index contributed by atoms with van der Waals surface area (Å²) in [6.07, 6.45) is 3.66. The third-order valence-corrected chi connectivity index (χ3v) is 5.56. The van der Waals surface area contributed by atoms with Gasteiger partial charge in [-0.1, -0.05) is 20.8 Å². The lowest BCUT2D eigenvalue weighted by atomic mass is 9.43. The van der Waals surface area contributed by atoms with E-state index < -0.39 is 0 Å². The maximum Gasteiger partial charge on any atom is 0.472 e. The number of hydrogen-bond donors (Lipinski definition) is 1. The third-order valence-electron chi connectivity index (χ3n) is 5.56. The van der Waals surface area contributed by atoms with Gasteiger partial charge in [-0.05, 0) is 43.6 Å². The van der Waals surface area contributed by atoms with E-state index in [2.05, 4.69) is 33.0 Å². The highest BCUT2D eigenvalue weighted by Crippen LogP contribution is 2.65. The molecule has 1 N–H and O–H groups in total. The Labute approximate surface area is 105 Å². The lowest BCUT2D eigenvalue weighted by molar-refractivity contribution is -0.199. The molecule has 1 aliphatic heterocycles. The molecule has 4 fully saturated rings. The first-order valence-electron chi connectivity index (χ1n) is 7.02. The second-order valence-corrected chi connectivity index (χ2v) is 6.71. The fraction of sp³-hybridized carbons (Fsp3) is 1.00. The minimum Gasteiger partial charge on any atom is -0.405 e. The van der Waals surface area contributed by atoms with Gasteiger partial charge in [0.25, 0.3) is 0 Å². The monoisotopic (exact) mass is 237 g/mol. The lowest BCUT2D eigenvalue weighted by Gasteiger charge is -2.64. The Morgan fingerprint density at radius 1 is 1.29 bits per heavy atom. The molecular weight excluding hydrogens is 213 g/mol. The van der Waals surface area contributed by atoms with Crippen molar-refractivity contribution in [1.29, 1.82) is 0 Å². The van der Waals surface area contributed by atoms with Crippen LogP contribution in [0.3, 0.4) is 0 Å². The molecule has 0 aromatic carbocycles. The Morgan fingerprint density at radius 2 is 2.06 bits per heavy atom. The van der Waals surface area contributed by atoms with Crippen molar-refractivity contribution in [3.63, 3.8) is 0 Å². The predicted octanol–water partition coefficient (Wildman–Crippen LogP) is 1.86. The topological polar surface area (TPSA) is 30.5 Å². The summed E-state index contributed by atoms with van der Waals surface area (Å²) in [5.74, 6) is 1.51. The molecule has 0 aromatic rings. The van der Waals surface area contributed by atoms with E-state index in [0.29, 0.717) is 17.4 Å². The molecule has 3 nitrogen and oxygen atoms in total. The van der Waals surface area contributed by atoms with Crippen LogP contribution in [0, 0.1) is 17.3 Å². The van der Waals surface area contributed by atoms with E-state index in [-0.39, 0.29) is 12.7 Å². The summed E-state index contributed by atoms with van der Waals surface area (Å²) < 4.78 is 12.3. The van der Waals surface area contributed by atoms with Crippen LogP contribution in [0.5, 0.6) is 0 Å². The first-order chi connectivity index (χ1) is 7.98. The first-order valence-corrected chi connectivity index (χ1v) is 7.02. The minimum absolute atomic E-state index is 0.0416. The quantitative estimate of drug-likeness (QED) is 0.760. The summed E-state index contributed by atoms with van der Waals surface area (Å²) in [5, 5.41) is 3.32. The zero-order valence-electron chi connectivity index (χ0n) is 11.5. The van der Waals surface area contributed by atoms with Crippen LogP contribution in [0.15, 0.2) is 0 Å². The Bertz CT molecular complexity index is 323. The second-order valence-electron chi connectivity index (χ2n) is 6.71. The second kappa shape index (κ2) is 3.72.